The molecule has 1 fully saturated rings. The van der Waals surface area contributed by atoms with E-state index >= 15 is 0 Å². The van der Waals surface area contributed by atoms with Crippen molar-refractivity contribution in [2.75, 3.05) is 18.0 Å². The molecule has 3 rings (SSSR count). The Labute approximate surface area is 142 Å². The fourth-order valence-corrected chi connectivity index (χ4v) is 3.01. The lowest BCUT2D eigenvalue weighted by Gasteiger charge is -2.26. The zero-order valence-corrected chi connectivity index (χ0v) is 13.2. The minimum Gasteiger partial charge on any atom is -0.294 e. The van der Waals surface area contributed by atoms with E-state index in [9.17, 15) is 23.7 Å². The van der Waals surface area contributed by atoms with Crippen molar-refractivity contribution in [3.8, 4) is 0 Å². The van der Waals surface area contributed by atoms with E-state index in [4.69, 9.17) is 0 Å². The Kier molecular flexibility index (Phi) is 4.69. The number of Topliss-reactive ketones (excluding diaryl/α,β-unsaturated/α-hetero) is 1. The van der Waals surface area contributed by atoms with Crippen molar-refractivity contribution < 1.29 is 23.5 Å². The molecular weight excluding hydrogens is 332 g/mol. The number of pyridine rings is 1. The molecule has 0 bridgehead atoms. The van der Waals surface area contributed by atoms with Gasteiger partial charge in [-0.15, -0.1) is 0 Å². The molecule has 1 aromatic heterocycles. The zero-order chi connectivity index (χ0) is 18.0. The summed E-state index contributed by atoms with van der Waals surface area (Å²) in [7, 11) is 0. The number of ketones is 1. The Balaban J connectivity index is 1.65. The van der Waals surface area contributed by atoms with E-state index in [1.54, 1.807) is 6.07 Å². The molecule has 0 aliphatic carbocycles. The molecule has 1 N–H and O–H groups in total. The molecule has 130 valence electrons. The van der Waals surface area contributed by atoms with Gasteiger partial charge >= 0.3 is 5.69 Å². The molecule has 2 heterocycles. The Bertz CT molecular complexity index is 803. The highest BCUT2D eigenvalue weighted by atomic mass is 19.1. The molecule has 0 amide bonds. The SMILES string of the molecule is O=C(c1ccc(F)cc1F)C1CCN(c2ccc([N+](=O)[O-])c[nH+]2)CC1. The average molecular weight is 348 g/mol. The molecule has 1 saturated heterocycles. The van der Waals surface area contributed by atoms with Crippen molar-refractivity contribution in [3.05, 3.63) is 63.8 Å². The molecule has 1 aliphatic rings. The van der Waals surface area contributed by atoms with Gasteiger partial charge in [0.25, 0.3) is 5.82 Å². The van der Waals surface area contributed by atoms with Crippen molar-refractivity contribution in [2.24, 2.45) is 5.92 Å². The fourth-order valence-electron chi connectivity index (χ4n) is 3.01. The minimum absolute atomic E-state index is 0.0272. The number of hydrogen-bond acceptors (Lipinski definition) is 4. The van der Waals surface area contributed by atoms with Gasteiger partial charge in [-0.05, 0) is 25.0 Å². The number of aromatic amines is 1. The van der Waals surface area contributed by atoms with Crippen LogP contribution in [0.5, 0.6) is 0 Å². The van der Waals surface area contributed by atoms with Crippen LogP contribution in [0.4, 0.5) is 20.3 Å². The molecular formula is C17H16F2N3O3+. The molecule has 0 unspecified atom stereocenters. The van der Waals surface area contributed by atoms with Crippen LogP contribution >= 0.6 is 0 Å². The quantitative estimate of drug-likeness (QED) is 0.484. The number of aromatic nitrogens is 1. The van der Waals surface area contributed by atoms with E-state index in [0.717, 1.165) is 11.9 Å². The largest absolute Gasteiger partial charge is 0.308 e. The number of halogens is 2. The summed E-state index contributed by atoms with van der Waals surface area (Å²) in [5.41, 5.74) is -0.109. The molecule has 0 saturated carbocycles. The Morgan fingerprint density at radius 1 is 1.20 bits per heavy atom. The minimum atomic E-state index is -0.837. The Morgan fingerprint density at radius 3 is 2.48 bits per heavy atom. The molecule has 6 nitrogen and oxygen atoms in total. The Hall–Kier alpha value is -2.90. The van der Waals surface area contributed by atoms with Crippen molar-refractivity contribution in [3.63, 3.8) is 0 Å². The van der Waals surface area contributed by atoms with E-state index in [-0.39, 0.29) is 23.0 Å². The van der Waals surface area contributed by atoms with E-state index in [1.165, 1.54) is 18.3 Å². The van der Waals surface area contributed by atoms with Gasteiger partial charge in [-0.3, -0.25) is 19.8 Å². The first kappa shape index (κ1) is 16.9. The first-order valence-electron chi connectivity index (χ1n) is 7.86. The number of piperidine rings is 1. The zero-order valence-electron chi connectivity index (χ0n) is 13.2. The van der Waals surface area contributed by atoms with Gasteiger partial charge < -0.3 is 0 Å². The van der Waals surface area contributed by atoms with Crippen LogP contribution in [0.3, 0.4) is 0 Å². The molecule has 1 aliphatic heterocycles. The predicted molar refractivity (Wildman–Crippen MR) is 85.3 cm³/mol. The van der Waals surface area contributed by atoms with Gasteiger partial charge in [0, 0.05) is 24.1 Å². The van der Waals surface area contributed by atoms with Crippen LogP contribution in [-0.4, -0.2) is 23.8 Å². The number of rotatable bonds is 4. The van der Waals surface area contributed by atoms with Crippen molar-refractivity contribution in [1.82, 2.24) is 0 Å². The summed E-state index contributed by atoms with van der Waals surface area (Å²) >= 11 is 0. The van der Waals surface area contributed by atoms with Crippen LogP contribution in [0, 0.1) is 27.7 Å². The highest BCUT2D eigenvalue weighted by Gasteiger charge is 2.31. The lowest BCUT2D eigenvalue weighted by atomic mass is 9.88. The molecule has 0 spiro atoms. The summed E-state index contributed by atoms with van der Waals surface area (Å²) in [6, 6.07) is 6.02. The number of nitrogens with one attached hydrogen (secondary N) is 1. The standard InChI is InChI=1S/C17H15F2N3O3/c18-12-1-3-14(15(19)9-12)17(23)11-5-7-21(8-6-11)16-4-2-13(10-20-16)22(24)25/h1-4,9-11H,5-8H2/p+1. The molecule has 0 radical (unpaired) electrons. The second-order valence-corrected chi connectivity index (χ2v) is 5.94. The second-order valence-electron chi connectivity index (χ2n) is 5.94. The summed E-state index contributed by atoms with van der Waals surface area (Å²) in [6.07, 6.45) is 2.38. The topological polar surface area (TPSA) is 77.6 Å². The van der Waals surface area contributed by atoms with Gasteiger partial charge in [-0.1, -0.05) is 0 Å². The third-order valence-corrected chi connectivity index (χ3v) is 4.39. The highest BCUT2D eigenvalue weighted by molar-refractivity contribution is 5.98. The maximum Gasteiger partial charge on any atom is 0.308 e. The average Bonchev–Trinajstić information content (AvgIpc) is 2.61. The fraction of sp³-hybridized carbons (Fsp3) is 0.294. The second kappa shape index (κ2) is 6.92. The number of hydrogen-bond donors (Lipinski definition) is 0. The maximum atomic E-state index is 13.8. The van der Waals surface area contributed by atoms with Gasteiger partial charge in [0.15, 0.2) is 12.0 Å². The van der Waals surface area contributed by atoms with Crippen LogP contribution in [0.1, 0.15) is 23.2 Å². The lowest BCUT2D eigenvalue weighted by molar-refractivity contribution is -0.414. The molecule has 2 aromatic rings. The number of benzene rings is 1. The van der Waals surface area contributed by atoms with Crippen LogP contribution in [0.25, 0.3) is 0 Å². The van der Waals surface area contributed by atoms with Gasteiger partial charge in [0.2, 0.25) is 0 Å². The third kappa shape index (κ3) is 3.62. The molecule has 0 atom stereocenters. The molecule has 25 heavy (non-hydrogen) atoms. The van der Waals surface area contributed by atoms with Gasteiger partial charge in [0.1, 0.15) is 11.6 Å². The van der Waals surface area contributed by atoms with E-state index in [2.05, 4.69) is 4.98 Å². The van der Waals surface area contributed by atoms with Crippen LogP contribution in [0.15, 0.2) is 36.5 Å². The van der Waals surface area contributed by atoms with Crippen molar-refractivity contribution in [2.45, 2.75) is 12.8 Å². The predicted octanol–water partition coefficient (Wildman–Crippen LogP) is 2.79. The molecule has 1 aromatic carbocycles. The van der Waals surface area contributed by atoms with Gasteiger partial charge in [0.05, 0.1) is 23.6 Å². The van der Waals surface area contributed by atoms with E-state index in [1.807, 2.05) is 4.90 Å². The first-order valence-corrected chi connectivity index (χ1v) is 7.86. The summed E-state index contributed by atoms with van der Waals surface area (Å²) in [5.74, 6) is -1.46. The summed E-state index contributed by atoms with van der Waals surface area (Å²) < 4.78 is 26.7. The summed E-state index contributed by atoms with van der Waals surface area (Å²) in [4.78, 5) is 27.5. The monoisotopic (exact) mass is 348 g/mol. The van der Waals surface area contributed by atoms with E-state index in [0.29, 0.717) is 32.0 Å². The highest BCUT2D eigenvalue weighted by Crippen LogP contribution is 2.25. The molecule has 8 heteroatoms. The number of nitrogens with zero attached hydrogens (tertiary/aromatic N) is 2. The third-order valence-electron chi connectivity index (χ3n) is 4.39. The maximum absolute atomic E-state index is 13.8. The van der Waals surface area contributed by atoms with Crippen molar-refractivity contribution in [1.29, 1.82) is 0 Å². The lowest BCUT2D eigenvalue weighted by Crippen LogP contribution is -2.39. The number of anilines is 1. The van der Waals surface area contributed by atoms with Crippen molar-refractivity contribution >= 4 is 17.3 Å². The number of nitro groups is 1. The normalized spacial score (nSPS) is 15.2. The van der Waals surface area contributed by atoms with Gasteiger partial charge in [-0.2, -0.15) is 0 Å². The van der Waals surface area contributed by atoms with Crippen LogP contribution < -0.4 is 9.88 Å². The number of H-pyrrole nitrogens is 1. The number of carbonyl (C=O) groups excluding carboxylic acids is 1. The number of carbonyl (C=O) groups is 1. The summed E-state index contributed by atoms with van der Waals surface area (Å²) in [5, 5.41) is 10.7. The van der Waals surface area contributed by atoms with E-state index < -0.39 is 16.6 Å². The smallest absolute Gasteiger partial charge is 0.294 e. The van der Waals surface area contributed by atoms with Crippen LogP contribution in [-0.2, 0) is 0 Å². The summed E-state index contributed by atoms with van der Waals surface area (Å²) in [6.45, 7) is 1.13. The Morgan fingerprint density at radius 2 is 1.92 bits per heavy atom. The first-order chi connectivity index (χ1) is 12.0. The van der Waals surface area contributed by atoms with Gasteiger partial charge in [-0.25, -0.2) is 13.8 Å². The van der Waals surface area contributed by atoms with Crippen LogP contribution in [0.2, 0.25) is 0 Å².